The molecule has 1 aromatic carbocycles. The summed E-state index contributed by atoms with van der Waals surface area (Å²) in [6.07, 6.45) is 0.266. The summed E-state index contributed by atoms with van der Waals surface area (Å²) < 4.78 is 35.0. The van der Waals surface area contributed by atoms with Gasteiger partial charge in [0.15, 0.2) is 22.9 Å². The number of ether oxygens (including phenoxy) is 1. The van der Waals surface area contributed by atoms with Gasteiger partial charge < -0.3 is 9.64 Å². The number of carbonyl (C=O) groups excluding carboxylic acids is 1. The lowest BCUT2D eigenvalue weighted by Gasteiger charge is -2.37. The van der Waals surface area contributed by atoms with Crippen molar-refractivity contribution < 1.29 is 18.3 Å². The first kappa shape index (κ1) is 16.9. The lowest BCUT2D eigenvalue weighted by Crippen LogP contribution is -2.46. The van der Waals surface area contributed by atoms with E-state index in [1.54, 1.807) is 11.8 Å². The average Bonchev–Trinajstić information content (AvgIpc) is 2.94. The van der Waals surface area contributed by atoms with Crippen molar-refractivity contribution in [2.75, 3.05) is 18.0 Å². The van der Waals surface area contributed by atoms with Gasteiger partial charge in [-0.2, -0.15) is 0 Å². The van der Waals surface area contributed by atoms with Crippen molar-refractivity contribution in [2.24, 2.45) is 0 Å². The van der Waals surface area contributed by atoms with Gasteiger partial charge in [-0.15, -0.1) is 10.2 Å². The zero-order chi connectivity index (χ0) is 17.4. The molecule has 8 heteroatoms. The normalized spacial score (nSPS) is 21.1. The van der Waals surface area contributed by atoms with Crippen LogP contribution in [0, 0.1) is 18.6 Å². The number of aldehydes is 1. The summed E-state index contributed by atoms with van der Waals surface area (Å²) in [6, 6.07) is 1.34. The molecular formula is C16H17F2N3O2S. The van der Waals surface area contributed by atoms with Crippen molar-refractivity contribution in [2.45, 2.75) is 33.0 Å². The molecule has 128 valence electrons. The van der Waals surface area contributed by atoms with Gasteiger partial charge in [-0.05, 0) is 26.8 Å². The molecule has 0 saturated carbocycles. The zero-order valence-corrected chi connectivity index (χ0v) is 14.4. The second kappa shape index (κ2) is 6.52. The van der Waals surface area contributed by atoms with Gasteiger partial charge in [-0.1, -0.05) is 11.3 Å². The molecule has 24 heavy (non-hydrogen) atoms. The van der Waals surface area contributed by atoms with Crippen LogP contribution in [0.15, 0.2) is 6.07 Å². The SMILES string of the molecule is Cc1nnc(-c2cc(C=O)c(N3CC(C)OC(C)C3)c(F)c2F)s1. The third-order valence-electron chi connectivity index (χ3n) is 3.83. The first-order valence-corrected chi connectivity index (χ1v) is 8.40. The summed E-state index contributed by atoms with van der Waals surface area (Å²) in [6.45, 7) is 6.21. The number of aryl methyl sites for hydroxylation is 1. The summed E-state index contributed by atoms with van der Waals surface area (Å²) in [5.74, 6) is -2.05. The van der Waals surface area contributed by atoms with E-state index in [-0.39, 0.29) is 34.0 Å². The van der Waals surface area contributed by atoms with Gasteiger partial charge in [-0.3, -0.25) is 4.79 Å². The van der Waals surface area contributed by atoms with Crippen molar-refractivity contribution >= 4 is 23.3 Å². The van der Waals surface area contributed by atoms with Gasteiger partial charge >= 0.3 is 0 Å². The Kier molecular flexibility index (Phi) is 4.60. The molecule has 0 radical (unpaired) electrons. The lowest BCUT2D eigenvalue weighted by molar-refractivity contribution is -0.00546. The highest BCUT2D eigenvalue weighted by atomic mass is 32.1. The second-order valence-corrected chi connectivity index (χ2v) is 7.08. The summed E-state index contributed by atoms with van der Waals surface area (Å²) in [4.78, 5) is 13.2. The summed E-state index contributed by atoms with van der Waals surface area (Å²) >= 11 is 1.15. The fourth-order valence-electron chi connectivity index (χ4n) is 2.97. The molecule has 2 heterocycles. The molecule has 5 nitrogen and oxygen atoms in total. The van der Waals surface area contributed by atoms with E-state index in [2.05, 4.69) is 10.2 Å². The molecule has 0 amide bonds. The first-order chi connectivity index (χ1) is 11.4. The molecule has 0 N–H and O–H groups in total. The summed E-state index contributed by atoms with van der Waals surface area (Å²) in [5, 5.41) is 8.55. The number of anilines is 1. The van der Waals surface area contributed by atoms with Crippen LogP contribution in [0.2, 0.25) is 0 Å². The van der Waals surface area contributed by atoms with Crippen LogP contribution in [-0.2, 0) is 4.74 Å². The molecule has 1 aromatic heterocycles. The van der Waals surface area contributed by atoms with E-state index in [1.807, 2.05) is 13.8 Å². The fourth-order valence-corrected chi connectivity index (χ4v) is 3.67. The van der Waals surface area contributed by atoms with E-state index in [0.29, 0.717) is 24.4 Å². The standard InChI is InChI=1S/C16H17F2N3O2S/c1-8-5-21(6-9(2)23-8)15-11(7-22)4-12(13(17)14(15)18)16-20-19-10(3)24-16/h4,7-9H,5-6H2,1-3H3. The fraction of sp³-hybridized carbons (Fsp3) is 0.438. The van der Waals surface area contributed by atoms with E-state index >= 15 is 0 Å². The van der Waals surface area contributed by atoms with Gasteiger partial charge in [0.2, 0.25) is 0 Å². The molecule has 2 unspecified atom stereocenters. The highest BCUT2D eigenvalue weighted by molar-refractivity contribution is 7.14. The third-order valence-corrected chi connectivity index (χ3v) is 4.70. The Morgan fingerprint density at radius 1 is 1.25 bits per heavy atom. The maximum atomic E-state index is 14.8. The van der Waals surface area contributed by atoms with E-state index < -0.39 is 11.6 Å². The Morgan fingerprint density at radius 3 is 2.46 bits per heavy atom. The van der Waals surface area contributed by atoms with Crippen LogP contribution in [-0.4, -0.2) is 41.8 Å². The van der Waals surface area contributed by atoms with Crippen LogP contribution in [0.3, 0.4) is 0 Å². The third kappa shape index (κ3) is 3.03. The monoisotopic (exact) mass is 353 g/mol. The summed E-state index contributed by atoms with van der Waals surface area (Å²) in [7, 11) is 0. The van der Waals surface area contributed by atoms with Gasteiger partial charge in [-0.25, -0.2) is 8.78 Å². The molecule has 1 saturated heterocycles. The first-order valence-electron chi connectivity index (χ1n) is 7.58. The molecule has 1 aliphatic rings. The molecule has 3 rings (SSSR count). The Morgan fingerprint density at radius 2 is 1.92 bits per heavy atom. The van der Waals surface area contributed by atoms with E-state index in [4.69, 9.17) is 4.74 Å². The number of morpholine rings is 1. The minimum atomic E-state index is -1.04. The number of halogens is 2. The Bertz CT molecular complexity index is 771. The predicted molar refractivity (Wildman–Crippen MR) is 87.6 cm³/mol. The second-order valence-electron chi connectivity index (χ2n) is 5.90. The van der Waals surface area contributed by atoms with Crippen LogP contribution in [0.5, 0.6) is 0 Å². The van der Waals surface area contributed by atoms with Crippen molar-refractivity contribution in [3.05, 3.63) is 28.3 Å². The number of carbonyl (C=O) groups is 1. The Hall–Kier alpha value is -1.93. The number of benzene rings is 1. The number of rotatable bonds is 3. The number of hydrogen-bond donors (Lipinski definition) is 0. The molecule has 1 aliphatic heterocycles. The van der Waals surface area contributed by atoms with E-state index in [1.165, 1.54) is 6.07 Å². The van der Waals surface area contributed by atoms with E-state index in [0.717, 1.165) is 11.3 Å². The Balaban J connectivity index is 2.11. The maximum Gasteiger partial charge on any atom is 0.183 e. The summed E-state index contributed by atoms with van der Waals surface area (Å²) in [5.41, 5.74) is 0.0332. The zero-order valence-electron chi connectivity index (χ0n) is 13.5. The van der Waals surface area contributed by atoms with Crippen LogP contribution in [0.25, 0.3) is 10.6 Å². The highest BCUT2D eigenvalue weighted by Gasteiger charge is 2.29. The number of aromatic nitrogens is 2. The topological polar surface area (TPSA) is 55.3 Å². The number of hydrogen-bond acceptors (Lipinski definition) is 6. The van der Waals surface area contributed by atoms with Gasteiger partial charge in [0.05, 0.1) is 23.5 Å². The van der Waals surface area contributed by atoms with Crippen LogP contribution in [0.4, 0.5) is 14.5 Å². The molecule has 0 spiro atoms. The minimum Gasteiger partial charge on any atom is -0.372 e. The van der Waals surface area contributed by atoms with Crippen molar-refractivity contribution in [1.82, 2.24) is 10.2 Å². The molecule has 2 aromatic rings. The van der Waals surface area contributed by atoms with Crippen LogP contribution >= 0.6 is 11.3 Å². The van der Waals surface area contributed by atoms with Gasteiger partial charge in [0.25, 0.3) is 0 Å². The molecule has 1 fully saturated rings. The maximum absolute atomic E-state index is 14.8. The van der Waals surface area contributed by atoms with Crippen LogP contribution < -0.4 is 4.90 Å². The molecule has 2 atom stereocenters. The highest BCUT2D eigenvalue weighted by Crippen LogP contribution is 2.35. The molecule has 0 aliphatic carbocycles. The smallest absolute Gasteiger partial charge is 0.183 e. The molecular weight excluding hydrogens is 336 g/mol. The van der Waals surface area contributed by atoms with Gasteiger partial charge in [0.1, 0.15) is 5.01 Å². The average molecular weight is 353 g/mol. The van der Waals surface area contributed by atoms with Crippen molar-refractivity contribution in [3.8, 4) is 10.6 Å². The van der Waals surface area contributed by atoms with Gasteiger partial charge in [0, 0.05) is 18.7 Å². The van der Waals surface area contributed by atoms with Crippen molar-refractivity contribution in [3.63, 3.8) is 0 Å². The predicted octanol–water partition coefficient (Wildman–Crippen LogP) is 3.22. The van der Waals surface area contributed by atoms with Crippen LogP contribution in [0.1, 0.15) is 29.2 Å². The Labute approximate surface area is 142 Å². The number of nitrogens with zero attached hydrogens (tertiary/aromatic N) is 3. The quantitative estimate of drug-likeness (QED) is 0.793. The minimum absolute atomic E-state index is 0.0190. The van der Waals surface area contributed by atoms with E-state index in [9.17, 15) is 13.6 Å². The largest absolute Gasteiger partial charge is 0.372 e. The lowest BCUT2D eigenvalue weighted by atomic mass is 10.1. The van der Waals surface area contributed by atoms with Crippen molar-refractivity contribution in [1.29, 1.82) is 0 Å². The molecule has 0 bridgehead atoms.